The molecule has 0 amide bonds. The van der Waals surface area contributed by atoms with E-state index >= 15 is 0 Å². The highest BCUT2D eigenvalue weighted by Crippen LogP contribution is 2.57. The summed E-state index contributed by atoms with van der Waals surface area (Å²) in [6, 6.07) is 68.0. The van der Waals surface area contributed by atoms with Gasteiger partial charge in [-0.1, -0.05) is 200 Å². The molecular formula is C76H76BN3O. The van der Waals surface area contributed by atoms with Gasteiger partial charge in [-0.05, 0) is 174 Å². The molecule has 81 heavy (non-hydrogen) atoms. The first-order chi connectivity index (χ1) is 38.3. The summed E-state index contributed by atoms with van der Waals surface area (Å²) in [6.07, 6.45) is 1.10. The Morgan fingerprint density at radius 2 is 0.914 bits per heavy atom. The minimum atomic E-state index is -0.284. The predicted octanol–water partition coefficient (Wildman–Crippen LogP) is 19.0. The number of benzene rings is 9. The molecule has 3 heterocycles. The van der Waals surface area contributed by atoms with Crippen LogP contribution in [0.15, 0.2) is 180 Å². The second-order valence-electron chi connectivity index (χ2n) is 28.6. The number of aryl methyl sites for hydroxylation is 1. The Hall–Kier alpha value is -7.76. The lowest BCUT2D eigenvalue weighted by molar-refractivity contribution is 0.403. The molecule has 1 aromatic heterocycles. The van der Waals surface area contributed by atoms with Crippen LogP contribution in [0, 0.1) is 6.92 Å². The van der Waals surface area contributed by atoms with Crippen molar-refractivity contribution in [2.45, 2.75) is 143 Å². The fourth-order valence-corrected chi connectivity index (χ4v) is 15.5. The van der Waals surface area contributed by atoms with E-state index in [2.05, 4.69) is 294 Å². The minimum absolute atomic E-state index is 0.00425. The van der Waals surface area contributed by atoms with Crippen molar-refractivity contribution >= 4 is 96.2 Å². The topological polar surface area (TPSA) is 22.9 Å². The van der Waals surface area contributed by atoms with Crippen LogP contribution in [0.1, 0.15) is 153 Å². The van der Waals surface area contributed by atoms with Crippen LogP contribution in [0.2, 0.25) is 0 Å². The molecule has 0 fully saturated rings. The van der Waals surface area contributed by atoms with Gasteiger partial charge in [-0.2, -0.15) is 0 Å². The van der Waals surface area contributed by atoms with Crippen molar-refractivity contribution < 1.29 is 4.42 Å². The average molecular weight is 1060 g/mol. The Bertz CT molecular complexity index is 4190. The van der Waals surface area contributed by atoms with Gasteiger partial charge in [-0.3, -0.25) is 0 Å². The molecule has 10 aromatic rings. The van der Waals surface area contributed by atoms with Gasteiger partial charge in [-0.15, -0.1) is 0 Å². The lowest BCUT2D eigenvalue weighted by Gasteiger charge is -2.48. The second kappa shape index (κ2) is 17.1. The van der Waals surface area contributed by atoms with Crippen LogP contribution >= 0.6 is 0 Å². The number of para-hydroxylation sites is 2. The Balaban J connectivity index is 1.15. The second-order valence-corrected chi connectivity index (χ2v) is 28.6. The number of hydrogen-bond donors (Lipinski definition) is 0. The summed E-state index contributed by atoms with van der Waals surface area (Å²) in [4.78, 5) is 7.83. The molecule has 9 aromatic carbocycles. The molecule has 0 N–H and O–H groups in total. The summed E-state index contributed by atoms with van der Waals surface area (Å²) >= 11 is 0. The van der Waals surface area contributed by atoms with E-state index < -0.39 is 0 Å². The zero-order chi connectivity index (χ0) is 56.7. The van der Waals surface area contributed by atoms with Crippen LogP contribution in [0.4, 0.5) is 51.2 Å². The molecule has 0 bridgehead atoms. The largest absolute Gasteiger partial charge is 0.456 e. The van der Waals surface area contributed by atoms with Crippen molar-refractivity contribution in [2.24, 2.45) is 0 Å². The molecule has 0 radical (unpaired) electrons. The van der Waals surface area contributed by atoms with Gasteiger partial charge in [0.15, 0.2) is 0 Å². The highest BCUT2D eigenvalue weighted by Gasteiger charge is 2.49. The average Bonchev–Trinajstić information content (AvgIpc) is 2.66. The highest BCUT2D eigenvalue weighted by atomic mass is 16.3. The van der Waals surface area contributed by atoms with Crippen LogP contribution in [0.25, 0.3) is 21.9 Å². The molecule has 14 rings (SSSR count). The number of hydrogen-bond acceptors (Lipinski definition) is 4. The van der Waals surface area contributed by atoms with E-state index in [-0.39, 0.29) is 39.2 Å². The zero-order valence-electron chi connectivity index (χ0n) is 50.3. The Morgan fingerprint density at radius 3 is 1.52 bits per heavy atom. The van der Waals surface area contributed by atoms with E-state index in [1.807, 2.05) is 0 Å². The van der Waals surface area contributed by atoms with E-state index in [1.54, 1.807) is 0 Å². The molecule has 0 saturated heterocycles. The number of fused-ring (bicyclic) bond motifs is 10. The lowest BCUT2D eigenvalue weighted by Crippen LogP contribution is -2.62. The summed E-state index contributed by atoms with van der Waals surface area (Å²) in [5, 5.41) is 2.22. The first-order valence-electron chi connectivity index (χ1n) is 29.6. The standard InChI is InChI=1S/C76H76BN3O/c1-46-39-55-56(74(10,11)45-73(55,8)9)43-63(46)79-61-27-20-19-26-59(61)77-60-42-57-58(76(14,15)54-25-18-17-24-53(54)75(57,12)13)44-64(60)80(62-28-22-30-68-69(62)52-23-16-21-29-67(52)81-68)66-41-51(40-65(79)70(66)77)78(49-35-31-47(32-36-49)71(2,3)4)50-37-33-48(34-38-50)72(5,6)7/h16-44H,45H2,1-15H3. The van der Waals surface area contributed by atoms with Gasteiger partial charge in [0.2, 0.25) is 0 Å². The summed E-state index contributed by atoms with van der Waals surface area (Å²) in [6.45, 7) is 35.6. The van der Waals surface area contributed by atoms with Crippen molar-refractivity contribution in [3.8, 4) is 0 Å². The van der Waals surface area contributed by atoms with E-state index in [0.29, 0.717) is 0 Å². The molecule has 404 valence electrons. The Kier molecular flexibility index (Phi) is 10.9. The first kappa shape index (κ1) is 51.4. The Labute approximate surface area is 481 Å². The van der Waals surface area contributed by atoms with Crippen molar-refractivity contribution in [3.63, 3.8) is 0 Å². The smallest absolute Gasteiger partial charge is 0.252 e. The quantitative estimate of drug-likeness (QED) is 0.160. The van der Waals surface area contributed by atoms with Crippen LogP contribution < -0.4 is 31.1 Å². The SMILES string of the molecule is Cc1cc2c(cc1N1c3ccccc3B3c4cc5c(cc4N(c4cccc6oc7ccccc7c46)c4cc(N(c6ccc(C(C)(C)C)cc6)c6ccc(C(C)(C)C)cc6)cc1c43)C(C)(C)c1ccccc1C5(C)C)C(C)(C)CC2(C)C. The third-order valence-corrected chi connectivity index (χ3v) is 19.5. The van der Waals surface area contributed by atoms with Gasteiger partial charge in [0.25, 0.3) is 6.71 Å². The van der Waals surface area contributed by atoms with Crippen LogP contribution in [-0.4, -0.2) is 6.71 Å². The molecule has 0 atom stereocenters. The normalized spacial score (nSPS) is 16.9. The van der Waals surface area contributed by atoms with Crippen LogP contribution in [-0.2, 0) is 32.5 Å². The third-order valence-electron chi connectivity index (χ3n) is 19.5. The highest BCUT2D eigenvalue weighted by molar-refractivity contribution is 7.00. The fraction of sp³-hybridized carbons (Fsp3) is 0.289. The van der Waals surface area contributed by atoms with Gasteiger partial charge < -0.3 is 19.1 Å². The van der Waals surface area contributed by atoms with E-state index in [1.165, 1.54) is 89.2 Å². The van der Waals surface area contributed by atoms with Crippen LogP contribution in [0.3, 0.4) is 0 Å². The molecule has 0 spiro atoms. The van der Waals surface area contributed by atoms with Crippen molar-refractivity contribution in [3.05, 3.63) is 226 Å². The number of nitrogens with zero attached hydrogens (tertiary/aromatic N) is 3. The monoisotopic (exact) mass is 1060 g/mol. The molecule has 0 saturated carbocycles. The molecule has 2 aliphatic carbocycles. The molecular weight excluding hydrogens is 982 g/mol. The van der Waals surface area contributed by atoms with Gasteiger partial charge in [0.1, 0.15) is 11.2 Å². The van der Waals surface area contributed by atoms with E-state index in [0.717, 1.165) is 56.8 Å². The van der Waals surface area contributed by atoms with Crippen molar-refractivity contribution in [1.82, 2.24) is 0 Å². The number of rotatable bonds is 5. The summed E-state index contributed by atoms with van der Waals surface area (Å²) in [5.74, 6) is 0. The molecule has 2 aliphatic heterocycles. The van der Waals surface area contributed by atoms with Crippen LogP contribution in [0.5, 0.6) is 0 Å². The molecule has 5 heteroatoms. The molecule has 4 aliphatic rings. The van der Waals surface area contributed by atoms with E-state index in [9.17, 15) is 0 Å². The van der Waals surface area contributed by atoms with E-state index in [4.69, 9.17) is 4.42 Å². The maximum atomic E-state index is 6.83. The van der Waals surface area contributed by atoms with Gasteiger partial charge in [0.05, 0.1) is 16.8 Å². The zero-order valence-corrected chi connectivity index (χ0v) is 50.3. The van der Waals surface area contributed by atoms with Gasteiger partial charge >= 0.3 is 0 Å². The van der Waals surface area contributed by atoms with Crippen molar-refractivity contribution in [1.29, 1.82) is 0 Å². The predicted molar refractivity (Wildman–Crippen MR) is 346 cm³/mol. The first-order valence-corrected chi connectivity index (χ1v) is 29.6. The number of anilines is 9. The number of furan rings is 1. The maximum absolute atomic E-state index is 6.83. The fourth-order valence-electron chi connectivity index (χ4n) is 15.5. The van der Waals surface area contributed by atoms with Gasteiger partial charge in [0, 0.05) is 56.0 Å². The molecule has 0 unspecified atom stereocenters. The Morgan fingerprint density at radius 1 is 0.420 bits per heavy atom. The van der Waals surface area contributed by atoms with Crippen molar-refractivity contribution in [2.75, 3.05) is 14.7 Å². The summed E-state index contributed by atoms with van der Waals surface area (Å²) in [7, 11) is 0. The molecule has 4 nitrogen and oxygen atoms in total. The van der Waals surface area contributed by atoms with Gasteiger partial charge in [-0.25, -0.2) is 0 Å². The lowest BCUT2D eigenvalue weighted by atomic mass is 9.33. The maximum Gasteiger partial charge on any atom is 0.252 e. The third kappa shape index (κ3) is 7.55. The summed E-state index contributed by atoms with van der Waals surface area (Å²) < 4.78 is 6.83. The minimum Gasteiger partial charge on any atom is -0.456 e. The summed E-state index contributed by atoms with van der Waals surface area (Å²) in [5.41, 5.74) is 27.9.